The highest BCUT2D eigenvalue weighted by Gasteiger charge is 2.47. The molecule has 1 fully saturated rings. The topological polar surface area (TPSA) is 66.4 Å². The van der Waals surface area contributed by atoms with E-state index in [9.17, 15) is 14.7 Å². The molecule has 1 aromatic carbocycles. The second kappa shape index (κ2) is 3.59. The second-order valence-electron chi connectivity index (χ2n) is 6.08. The molecule has 19 heavy (non-hydrogen) atoms. The van der Waals surface area contributed by atoms with Gasteiger partial charge in [-0.1, -0.05) is 18.6 Å². The van der Waals surface area contributed by atoms with Gasteiger partial charge in [0.25, 0.3) is 0 Å². The van der Waals surface area contributed by atoms with Gasteiger partial charge in [0.05, 0.1) is 10.8 Å². The number of hydrogen-bond donors (Lipinski definition) is 2. The van der Waals surface area contributed by atoms with Crippen LogP contribution >= 0.6 is 0 Å². The Balaban J connectivity index is 2.11. The molecule has 4 nitrogen and oxygen atoms in total. The number of fused-ring (bicyclic) bond motifs is 1. The van der Waals surface area contributed by atoms with Crippen LogP contribution < -0.4 is 5.32 Å². The number of hydrogen-bond acceptors (Lipinski definition) is 2. The molecule has 0 spiro atoms. The van der Waals surface area contributed by atoms with Gasteiger partial charge in [0.2, 0.25) is 5.91 Å². The first-order valence-electron chi connectivity index (χ1n) is 6.58. The highest BCUT2D eigenvalue weighted by Crippen LogP contribution is 2.47. The van der Waals surface area contributed by atoms with Crippen molar-refractivity contribution in [1.29, 1.82) is 0 Å². The van der Waals surface area contributed by atoms with Crippen LogP contribution in [-0.2, 0) is 20.4 Å². The van der Waals surface area contributed by atoms with Crippen molar-refractivity contribution in [2.24, 2.45) is 0 Å². The number of carbonyl (C=O) groups is 2. The molecule has 2 aliphatic rings. The number of carboxylic acids is 1. The first-order valence-corrected chi connectivity index (χ1v) is 6.58. The van der Waals surface area contributed by atoms with Crippen LogP contribution in [0, 0.1) is 0 Å². The van der Waals surface area contributed by atoms with Crippen LogP contribution in [0.3, 0.4) is 0 Å². The van der Waals surface area contributed by atoms with Crippen LogP contribution in [-0.4, -0.2) is 17.0 Å². The third-order valence-electron chi connectivity index (χ3n) is 4.68. The highest BCUT2D eigenvalue weighted by molar-refractivity contribution is 6.05. The van der Waals surface area contributed by atoms with Crippen LogP contribution in [0.1, 0.15) is 44.2 Å². The smallest absolute Gasteiger partial charge is 0.314 e. The van der Waals surface area contributed by atoms with Gasteiger partial charge in [-0.05, 0) is 43.9 Å². The molecular weight excluding hydrogens is 242 g/mol. The summed E-state index contributed by atoms with van der Waals surface area (Å²) < 4.78 is 0. The molecule has 1 saturated carbocycles. The van der Waals surface area contributed by atoms with Crippen molar-refractivity contribution in [1.82, 2.24) is 0 Å². The average molecular weight is 259 g/mol. The van der Waals surface area contributed by atoms with Gasteiger partial charge < -0.3 is 10.4 Å². The SMILES string of the molecule is CC1(C)C(=O)Nc2ccc(C3(C(=O)O)CCC3)cc21. The molecule has 100 valence electrons. The van der Waals surface area contributed by atoms with E-state index in [0.717, 1.165) is 23.2 Å². The summed E-state index contributed by atoms with van der Waals surface area (Å²) in [5.74, 6) is -0.786. The van der Waals surface area contributed by atoms with E-state index < -0.39 is 16.8 Å². The van der Waals surface area contributed by atoms with Gasteiger partial charge in [0.15, 0.2) is 0 Å². The molecule has 3 rings (SSSR count). The second-order valence-corrected chi connectivity index (χ2v) is 6.08. The van der Waals surface area contributed by atoms with E-state index >= 15 is 0 Å². The summed E-state index contributed by atoms with van der Waals surface area (Å²) in [7, 11) is 0. The molecule has 0 aromatic heterocycles. The summed E-state index contributed by atoms with van der Waals surface area (Å²) in [6.07, 6.45) is 2.32. The molecule has 1 amide bonds. The Morgan fingerprint density at radius 2 is 2.00 bits per heavy atom. The Labute approximate surface area is 111 Å². The monoisotopic (exact) mass is 259 g/mol. The number of aliphatic carboxylic acids is 1. The maximum absolute atomic E-state index is 11.9. The number of nitrogens with one attached hydrogen (secondary N) is 1. The van der Waals surface area contributed by atoms with Crippen LogP contribution in [0.5, 0.6) is 0 Å². The number of carboxylic acid groups (broad SMARTS) is 1. The Hall–Kier alpha value is -1.84. The highest BCUT2D eigenvalue weighted by atomic mass is 16.4. The lowest BCUT2D eigenvalue weighted by Gasteiger charge is -2.38. The fraction of sp³-hybridized carbons (Fsp3) is 0.467. The number of amides is 1. The Morgan fingerprint density at radius 3 is 2.53 bits per heavy atom. The van der Waals surface area contributed by atoms with E-state index in [-0.39, 0.29) is 5.91 Å². The molecule has 0 saturated heterocycles. The van der Waals surface area contributed by atoms with E-state index in [2.05, 4.69) is 5.32 Å². The molecule has 1 aliphatic carbocycles. The van der Waals surface area contributed by atoms with Gasteiger partial charge in [-0.2, -0.15) is 0 Å². The molecule has 0 unspecified atom stereocenters. The predicted octanol–water partition coefficient (Wildman–Crippen LogP) is 2.42. The van der Waals surface area contributed by atoms with E-state index in [1.54, 1.807) is 0 Å². The average Bonchev–Trinajstić information content (AvgIpc) is 2.49. The van der Waals surface area contributed by atoms with Gasteiger partial charge in [-0.15, -0.1) is 0 Å². The summed E-state index contributed by atoms with van der Waals surface area (Å²) in [6.45, 7) is 3.73. The van der Waals surface area contributed by atoms with Gasteiger partial charge in [0, 0.05) is 5.69 Å². The van der Waals surface area contributed by atoms with Crippen molar-refractivity contribution in [3.05, 3.63) is 29.3 Å². The molecule has 0 atom stereocenters. The number of benzene rings is 1. The van der Waals surface area contributed by atoms with Crippen LogP contribution in [0.15, 0.2) is 18.2 Å². The van der Waals surface area contributed by atoms with E-state index in [1.165, 1.54) is 0 Å². The summed E-state index contributed by atoms with van der Waals surface area (Å²) in [5, 5.41) is 12.3. The standard InChI is InChI=1S/C15H17NO3/c1-14(2)10-8-9(4-5-11(10)16-12(14)17)15(13(18)19)6-3-7-15/h4-5,8H,3,6-7H2,1-2H3,(H,16,17)(H,18,19). The molecule has 1 aliphatic heterocycles. The number of anilines is 1. The molecule has 1 aromatic rings. The third-order valence-corrected chi connectivity index (χ3v) is 4.68. The van der Waals surface area contributed by atoms with Crippen LogP contribution in [0.4, 0.5) is 5.69 Å². The summed E-state index contributed by atoms with van der Waals surface area (Å²) in [5.41, 5.74) is 1.21. The minimum absolute atomic E-state index is 0.0300. The van der Waals surface area contributed by atoms with Crippen molar-refractivity contribution >= 4 is 17.6 Å². The molecule has 4 heteroatoms. The van der Waals surface area contributed by atoms with Crippen molar-refractivity contribution in [3.63, 3.8) is 0 Å². The normalized spacial score (nSPS) is 22.3. The van der Waals surface area contributed by atoms with Gasteiger partial charge in [0.1, 0.15) is 0 Å². The molecule has 1 heterocycles. The summed E-state index contributed by atoms with van der Waals surface area (Å²) in [6, 6.07) is 5.58. The minimum atomic E-state index is -0.756. The molecular formula is C15H17NO3. The molecule has 0 radical (unpaired) electrons. The lowest BCUT2D eigenvalue weighted by atomic mass is 9.64. The van der Waals surface area contributed by atoms with Gasteiger partial charge in [-0.25, -0.2) is 0 Å². The van der Waals surface area contributed by atoms with E-state index in [1.807, 2.05) is 32.0 Å². The lowest BCUT2D eigenvalue weighted by molar-refractivity contribution is -0.147. The van der Waals surface area contributed by atoms with E-state index in [4.69, 9.17) is 0 Å². The Bertz CT molecular complexity index is 585. The molecule has 0 bridgehead atoms. The third kappa shape index (κ3) is 1.46. The van der Waals surface area contributed by atoms with Gasteiger partial charge >= 0.3 is 5.97 Å². The quantitative estimate of drug-likeness (QED) is 0.857. The predicted molar refractivity (Wildman–Crippen MR) is 71.3 cm³/mol. The number of rotatable bonds is 2. The zero-order valence-electron chi connectivity index (χ0n) is 11.1. The largest absolute Gasteiger partial charge is 0.481 e. The Morgan fingerprint density at radius 1 is 1.32 bits per heavy atom. The first kappa shape index (κ1) is 12.2. The fourth-order valence-corrected chi connectivity index (χ4v) is 3.03. The zero-order chi connectivity index (χ0) is 13.8. The van der Waals surface area contributed by atoms with Gasteiger partial charge in [-0.3, -0.25) is 9.59 Å². The zero-order valence-corrected chi connectivity index (χ0v) is 11.1. The fourth-order valence-electron chi connectivity index (χ4n) is 3.03. The van der Waals surface area contributed by atoms with Crippen LogP contribution in [0.25, 0.3) is 0 Å². The summed E-state index contributed by atoms with van der Waals surface area (Å²) >= 11 is 0. The van der Waals surface area contributed by atoms with Crippen LogP contribution in [0.2, 0.25) is 0 Å². The van der Waals surface area contributed by atoms with E-state index in [0.29, 0.717) is 12.8 Å². The first-order chi connectivity index (χ1) is 8.88. The maximum Gasteiger partial charge on any atom is 0.314 e. The lowest BCUT2D eigenvalue weighted by Crippen LogP contribution is -2.42. The minimum Gasteiger partial charge on any atom is -0.481 e. The summed E-state index contributed by atoms with van der Waals surface area (Å²) in [4.78, 5) is 23.5. The number of carbonyl (C=O) groups excluding carboxylic acids is 1. The van der Waals surface area contributed by atoms with Crippen molar-refractivity contribution in [2.75, 3.05) is 5.32 Å². The molecule has 2 N–H and O–H groups in total. The maximum atomic E-state index is 11.9. The van der Waals surface area contributed by atoms with Crippen molar-refractivity contribution in [3.8, 4) is 0 Å². The van der Waals surface area contributed by atoms with Crippen molar-refractivity contribution < 1.29 is 14.7 Å². The Kier molecular flexibility index (Phi) is 2.31. The van der Waals surface area contributed by atoms with Crippen molar-refractivity contribution in [2.45, 2.75) is 43.9 Å².